The molecule has 0 saturated heterocycles. The number of rotatable bonds is 9. The summed E-state index contributed by atoms with van der Waals surface area (Å²) >= 11 is 0. The molecule has 0 aliphatic carbocycles. The van der Waals surface area contributed by atoms with E-state index in [1.807, 2.05) is 60.7 Å². The largest absolute Gasteiger partial charge is 0.451 e. The molecule has 0 N–H and O–H groups in total. The molecule has 0 fully saturated rings. The molecule has 2 atom stereocenters. The van der Waals surface area contributed by atoms with Crippen LogP contribution in [0.5, 0.6) is 0 Å². The molecule has 0 heterocycles. The van der Waals surface area contributed by atoms with Crippen molar-refractivity contribution in [2.45, 2.75) is 38.9 Å². The molecular weight excluding hydrogens is 312 g/mol. The van der Waals surface area contributed by atoms with Gasteiger partial charge in [-0.05, 0) is 24.5 Å². The van der Waals surface area contributed by atoms with Crippen molar-refractivity contribution in [3.63, 3.8) is 0 Å². The van der Waals surface area contributed by atoms with Crippen LogP contribution in [0.4, 0.5) is 0 Å². The first-order valence-electron chi connectivity index (χ1n) is 8.71. The Bertz CT molecular complexity index is 664. The highest BCUT2D eigenvalue weighted by molar-refractivity contribution is 5.87. The summed E-state index contributed by atoms with van der Waals surface area (Å²) in [4.78, 5) is 12.2. The van der Waals surface area contributed by atoms with Crippen LogP contribution in [-0.2, 0) is 14.3 Å². The summed E-state index contributed by atoms with van der Waals surface area (Å²) in [6, 6.07) is 19.6. The van der Waals surface area contributed by atoms with Gasteiger partial charge in [0.15, 0.2) is 6.10 Å². The maximum Gasteiger partial charge on any atom is 0.333 e. The summed E-state index contributed by atoms with van der Waals surface area (Å²) < 4.78 is 11.9. The zero-order valence-electron chi connectivity index (χ0n) is 15.0. The van der Waals surface area contributed by atoms with Gasteiger partial charge in [-0.15, -0.1) is 0 Å². The van der Waals surface area contributed by atoms with Gasteiger partial charge in [0.05, 0.1) is 0 Å². The fourth-order valence-electron chi connectivity index (χ4n) is 2.52. The lowest BCUT2D eigenvalue weighted by Gasteiger charge is -2.28. The first kappa shape index (κ1) is 18.9. The van der Waals surface area contributed by atoms with Gasteiger partial charge in [-0.25, -0.2) is 4.79 Å². The van der Waals surface area contributed by atoms with E-state index < -0.39 is 12.1 Å². The third-order valence-corrected chi connectivity index (χ3v) is 3.91. The molecule has 0 bridgehead atoms. The van der Waals surface area contributed by atoms with E-state index in [9.17, 15) is 4.79 Å². The number of unbranched alkanes of at least 4 members (excludes halogenated alkanes) is 1. The van der Waals surface area contributed by atoms with Gasteiger partial charge in [-0.1, -0.05) is 80.6 Å². The van der Waals surface area contributed by atoms with Crippen molar-refractivity contribution in [2.75, 3.05) is 6.61 Å². The Kier molecular flexibility index (Phi) is 7.42. The van der Waals surface area contributed by atoms with Crippen LogP contribution < -0.4 is 0 Å². The topological polar surface area (TPSA) is 35.5 Å². The van der Waals surface area contributed by atoms with Crippen LogP contribution in [0.1, 0.15) is 50.0 Å². The van der Waals surface area contributed by atoms with E-state index in [1.165, 1.54) is 0 Å². The Labute approximate surface area is 150 Å². The number of carbonyl (C=O) groups is 1. The van der Waals surface area contributed by atoms with Crippen molar-refractivity contribution in [3.05, 3.63) is 83.9 Å². The summed E-state index contributed by atoms with van der Waals surface area (Å²) in [5.74, 6) is -0.408. The fourth-order valence-corrected chi connectivity index (χ4v) is 2.52. The Morgan fingerprint density at radius 1 is 0.960 bits per heavy atom. The maximum absolute atomic E-state index is 12.2. The fraction of sp³-hybridized carbons (Fsp3) is 0.318. The Morgan fingerprint density at radius 3 is 1.96 bits per heavy atom. The summed E-state index contributed by atoms with van der Waals surface area (Å²) in [7, 11) is 0. The van der Waals surface area contributed by atoms with Gasteiger partial charge in [-0.3, -0.25) is 0 Å². The average Bonchev–Trinajstić information content (AvgIpc) is 2.65. The molecule has 0 amide bonds. The highest BCUT2D eigenvalue weighted by Gasteiger charge is 2.29. The minimum atomic E-state index is -0.523. The summed E-state index contributed by atoms with van der Waals surface area (Å²) in [5, 5.41) is 0. The molecule has 0 spiro atoms. The molecule has 3 heteroatoms. The van der Waals surface area contributed by atoms with Crippen LogP contribution in [0.25, 0.3) is 0 Å². The maximum atomic E-state index is 12.2. The average molecular weight is 338 g/mol. The molecule has 2 aromatic rings. The van der Waals surface area contributed by atoms with E-state index in [2.05, 4.69) is 13.5 Å². The third kappa shape index (κ3) is 5.57. The number of benzene rings is 2. The summed E-state index contributed by atoms with van der Waals surface area (Å²) in [6.07, 6.45) is 1.12. The first-order chi connectivity index (χ1) is 12.1. The van der Waals surface area contributed by atoms with E-state index in [-0.39, 0.29) is 6.10 Å². The molecule has 0 saturated carbocycles. The van der Waals surface area contributed by atoms with Crippen molar-refractivity contribution in [1.82, 2.24) is 0 Å². The van der Waals surface area contributed by atoms with Crippen molar-refractivity contribution >= 4 is 5.97 Å². The number of hydrogen-bond acceptors (Lipinski definition) is 3. The van der Waals surface area contributed by atoms with Gasteiger partial charge in [0.2, 0.25) is 0 Å². The molecule has 0 aromatic heterocycles. The van der Waals surface area contributed by atoms with E-state index in [4.69, 9.17) is 9.47 Å². The van der Waals surface area contributed by atoms with E-state index in [0.29, 0.717) is 12.2 Å². The molecule has 3 nitrogen and oxygen atoms in total. The predicted molar refractivity (Wildman–Crippen MR) is 100 cm³/mol. The monoisotopic (exact) mass is 338 g/mol. The number of ether oxygens (including phenoxy) is 2. The van der Waals surface area contributed by atoms with Gasteiger partial charge < -0.3 is 9.47 Å². The molecule has 0 radical (unpaired) electrons. The lowest BCUT2D eigenvalue weighted by molar-refractivity contribution is -0.154. The molecular formula is C22H26O3. The second-order valence-corrected chi connectivity index (χ2v) is 6.07. The molecule has 132 valence electrons. The number of esters is 1. The van der Waals surface area contributed by atoms with Gasteiger partial charge in [-0.2, -0.15) is 0 Å². The molecule has 2 unspecified atom stereocenters. The molecule has 2 rings (SSSR count). The van der Waals surface area contributed by atoms with Crippen molar-refractivity contribution in [1.29, 1.82) is 0 Å². The second-order valence-electron chi connectivity index (χ2n) is 6.07. The van der Waals surface area contributed by atoms with Gasteiger partial charge >= 0.3 is 5.97 Å². The first-order valence-corrected chi connectivity index (χ1v) is 8.71. The number of carbonyl (C=O) groups excluding carboxylic acids is 1. The lowest BCUT2D eigenvalue weighted by Crippen LogP contribution is -2.21. The van der Waals surface area contributed by atoms with Crippen LogP contribution in [0, 0.1) is 0 Å². The van der Waals surface area contributed by atoms with E-state index in [1.54, 1.807) is 6.92 Å². The standard InChI is InChI=1S/C22H26O3/c1-4-5-16-24-20(18-12-8-6-9-13-18)21(25-22(23)17(2)3)19-14-10-7-11-15-19/h6-15,20-21H,2,4-5,16H2,1,3H3. The van der Waals surface area contributed by atoms with Gasteiger partial charge in [0.1, 0.15) is 6.10 Å². The van der Waals surface area contributed by atoms with Gasteiger partial charge in [0.25, 0.3) is 0 Å². The van der Waals surface area contributed by atoms with Crippen LogP contribution in [0.3, 0.4) is 0 Å². The number of hydrogen-bond donors (Lipinski definition) is 0. The summed E-state index contributed by atoms with van der Waals surface area (Å²) in [5.41, 5.74) is 2.27. The SMILES string of the molecule is C=C(C)C(=O)OC(c1ccccc1)C(OCCCC)c1ccccc1. The van der Waals surface area contributed by atoms with Crippen molar-refractivity contribution in [2.24, 2.45) is 0 Å². The predicted octanol–water partition coefficient (Wildman–Crippen LogP) is 5.41. The quantitative estimate of drug-likeness (QED) is 0.349. The smallest absolute Gasteiger partial charge is 0.333 e. The Morgan fingerprint density at radius 2 is 1.48 bits per heavy atom. The van der Waals surface area contributed by atoms with Gasteiger partial charge in [0, 0.05) is 12.2 Å². The molecule has 2 aromatic carbocycles. The molecule has 0 aliphatic rings. The summed E-state index contributed by atoms with van der Waals surface area (Å²) in [6.45, 7) is 8.08. The molecule has 0 aliphatic heterocycles. The van der Waals surface area contributed by atoms with Crippen LogP contribution in [-0.4, -0.2) is 12.6 Å². The Hall–Kier alpha value is -2.39. The second kappa shape index (κ2) is 9.80. The Balaban J connectivity index is 2.37. The minimum absolute atomic E-state index is 0.363. The minimum Gasteiger partial charge on any atom is -0.451 e. The highest BCUT2D eigenvalue weighted by atomic mass is 16.6. The highest BCUT2D eigenvalue weighted by Crippen LogP contribution is 2.36. The zero-order chi connectivity index (χ0) is 18.1. The van der Waals surface area contributed by atoms with Crippen molar-refractivity contribution in [3.8, 4) is 0 Å². The normalized spacial score (nSPS) is 13.0. The van der Waals surface area contributed by atoms with E-state index >= 15 is 0 Å². The van der Waals surface area contributed by atoms with E-state index in [0.717, 1.165) is 24.0 Å². The van der Waals surface area contributed by atoms with Crippen LogP contribution >= 0.6 is 0 Å². The molecule has 25 heavy (non-hydrogen) atoms. The van der Waals surface area contributed by atoms with Crippen LogP contribution in [0.2, 0.25) is 0 Å². The third-order valence-electron chi connectivity index (χ3n) is 3.91. The van der Waals surface area contributed by atoms with Crippen LogP contribution in [0.15, 0.2) is 72.8 Å². The van der Waals surface area contributed by atoms with Crippen molar-refractivity contribution < 1.29 is 14.3 Å². The zero-order valence-corrected chi connectivity index (χ0v) is 15.0. The lowest BCUT2D eigenvalue weighted by atomic mass is 9.97.